The zero-order chi connectivity index (χ0) is 16.2. The first-order chi connectivity index (χ1) is 10.4. The maximum absolute atomic E-state index is 13.2. The molecule has 0 aliphatic rings. The maximum Gasteiger partial charge on any atom is 0.419 e. The molecule has 8 heteroatoms. The van der Waals surface area contributed by atoms with E-state index in [1.54, 1.807) is 11.0 Å². The van der Waals surface area contributed by atoms with Crippen LogP contribution in [0.1, 0.15) is 24.5 Å². The molecule has 1 aromatic carbocycles. The SMILES string of the molecule is CC(CCn1cncn1)NCc1ccc(F)c(C(F)(F)F)c1. The van der Waals surface area contributed by atoms with Crippen LogP contribution in [0, 0.1) is 5.82 Å². The Morgan fingerprint density at radius 2 is 2.09 bits per heavy atom. The Bertz CT molecular complexity index is 595. The van der Waals surface area contributed by atoms with Gasteiger partial charge in [-0.1, -0.05) is 6.07 Å². The van der Waals surface area contributed by atoms with Gasteiger partial charge >= 0.3 is 6.18 Å². The average molecular weight is 316 g/mol. The molecule has 120 valence electrons. The van der Waals surface area contributed by atoms with Crippen LogP contribution >= 0.6 is 0 Å². The minimum Gasteiger partial charge on any atom is -0.310 e. The van der Waals surface area contributed by atoms with Gasteiger partial charge in [0.2, 0.25) is 0 Å². The summed E-state index contributed by atoms with van der Waals surface area (Å²) in [4.78, 5) is 3.82. The molecule has 0 radical (unpaired) electrons. The van der Waals surface area contributed by atoms with Gasteiger partial charge in [0.25, 0.3) is 0 Å². The summed E-state index contributed by atoms with van der Waals surface area (Å²) in [6.45, 7) is 2.82. The third kappa shape index (κ3) is 4.52. The van der Waals surface area contributed by atoms with Crippen molar-refractivity contribution >= 4 is 0 Å². The van der Waals surface area contributed by atoms with Crippen molar-refractivity contribution in [3.63, 3.8) is 0 Å². The molecule has 0 aliphatic carbocycles. The molecule has 1 heterocycles. The van der Waals surface area contributed by atoms with E-state index in [0.29, 0.717) is 12.1 Å². The molecule has 0 aliphatic heterocycles. The fourth-order valence-electron chi connectivity index (χ4n) is 1.97. The number of aromatic nitrogens is 3. The monoisotopic (exact) mass is 316 g/mol. The second kappa shape index (κ2) is 6.87. The molecule has 0 amide bonds. The molecule has 1 atom stereocenters. The van der Waals surface area contributed by atoms with E-state index in [1.807, 2.05) is 6.92 Å². The summed E-state index contributed by atoms with van der Waals surface area (Å²) in [6.07, 6.45) is -0.896. The van der Waals surface area contributed by atoms with Crippen molar-refractivity contribution in [3.8, 4) is 0 Å². The van der Waals surface area contributed by atoms with Crippen molar-refractivity contribution in [1.82, 2.24) is 20.1 Å². The van der Waals surface area contributed by atoms with E-state index in [9.17, 15) is 17.6 Å². The molecule has 22 heavy (non-hydrogen) atoms. The van der Waals surface area contributed by atoms with Crippen LogP contribution in [-0.2, 0) is 19.3 Å². The lowest BCUT2D eigenvalue weighted by Crippen LogP contribution is -2.27. The summed E-state index contributed by atoms with van der Waals surface area (Å²) in [6, 6.07) is 3.11. The van der Waals surface area contributed by atoms with E-state index in [4.69, 9.17) is 0 Å². The zero-order valence-electron chi connectivity index (χ0n) is 11.9. The van der Waals surface area contributed by atoms with Gasteiger partial charge < -0.3 is 5.32 Å². The Morgan fingerprint density at radius 3 is 2.73 bits per heavy atom. The molecule has 0 bridgehead atoms. The number of nitrogens with zero attached hydrogens (tertiary/aromatic N) is 3. The van der Waals surface area contributed by atoms with Gasteiger partial charge in [0.1, 0.15) is 18.5 Å². The van der Waals surface area contributed by atoms with Gasteiger partial charge in [0, 0.05) is 19.1 Å². The fourth-order valence-corrected chi connectivity index (χ4v) is 1.97. The number of aryl methyl sites for hydroxylation is 1. The Kier molecular flexibility index (Phi) is 5.12. The summed E-state index contributed by atoms with van der Waals surface area (Å²) < 4.78 is 52.8. The Hall–Kier alpha value is -1.96. The summed E-state index contributed by atoms with van der Waals surface area (Å²) in [5, 5.41) is 7.07. The van der Waals surface area contributed by atoms with Gasteiger partial charge in [-0.15, -0.1) is 0 Å². The van der Waals surface area contributed by atoms with Crippen LogP contribution in [0.5, 0.6) is 0 Å². The van der Waals surface area contributed by atoms with E-state index in [-0.39, 0.29) is 12.6 Å². The van der Waals surface area contributed by atoms with Gasteiger partial charge in [-0.3, -0.25) is 4.68 Å². The number of rotatable bonds is 6. The molecule has 1 aromatic heterocycles. The molecule has 2 rings (SSSR count). The fraction of sp³-hybridized carbons (Fsp3) is 0.429. The molecule has 1 unspecified atom stereocenters. The van der Waals surface area contributed by atoms with Gasteiger partial charge in [0.15, 0.2) is 0 Å². The average Bonchev–Trinajstić information content (AvgIpc) is 2.96. The third-order valence-electron chi connectivity index (χ3n) is 3.25. The van der Waals surface area contributed by atoms with E-state index >= 15 is 0 Å². The van der Waals surface area contributed by atoms with Crippen LogP contribution in [0.3, 0.4) is 0 Å². The molecule has 0 fully saturated rings. The Balaban J connectivity index is 1.88. The minimum atomic E-state index is -4.68. The first-order valence-electron chi connectivity index (χ1n) is 6.77. The normalized spacial score (nSPS) is 13.3. The van der Waals surface area contributed by atoms with Crippen molar-refractivity contribution in [2.45, 2.75) is 38.7 Å². The van der Waals surface area contributed by atoms with Crippen LogP contribution in [-0.4, -0.2) is 20.8 Å². The van der Waals surface area contributed by atoms with Gasteiger partial charge in [0.05, 0.1) is 5.56 Å². The molecule has 0 saturated heterocycles. The van der Waals surface area contributed by atoms with Crippen LogP contribution in [0.15, 0.2) is 30.9 Å². The molecule has 1 N–H and O–H groups in total. The highest BCUT2D eigenvalue weighted by atomic mass is 19.4. The van der Waals surface area contributed by atoms with Gasteiger partial charge in [-0.05, 0) is 31.0 Å². The van der Waals surface area contributed by atoms with Crippen molar-refractivity contribution in [2.75, 3.05) is 0 Å². The van der Waals surface area contributed by atoms with Crippen LogP contribution < -0.4 is 5.32 Å². The Morgan fingerprint density at radius 1 is 1.32 bits per heavy atom. The number of benzene rings is 1. The zero-order valence-corrected chi connectivity index (χ0v) is 11.9. The molecular weight excluding hydrogens is 300 g/mol. The quantitative estimate of drug-likeness (QED) is 0.833. The second-order valence-electron chi connectivity index (χ2n) is 5.04. The van der Waals surface area contributed by atoms with E-state index in [0.717, 1.165) is 18.6 Å². The van der Waals surface area contributed by atoms with Crippen LogP contribution in [0.4, 0.5) is 17.6 Å². The largest absolute Gasteiger partial charge is 0.419 e. The predicted octanol–water partition coefficient (Wildman–Crippen LogP) is 3.00. The van der Waals surface area contributed by atoms with Gasteiger partial charge in [-0.2, -0.15) is 18.3 Å². The highest BCUT2D eigenvalue weighted by Crippen LogP contribution is 2.31. The minimum absolute atomic E-state index is 0.0728. The van der Waals surface area contributed by atoms with Crippen LogP contribution in [0.2, 0.25) is 0 Å². The summed E-state index contributed by atoms with van der Waals surface area (Å²) in [5.41, 5.74) is -0.844. The lowest BCUT2D eigenvalue weighted by atomic mass is 10.1. The second-order valence-corrected chi connectivity index (χ2v) is 5.04. The van der Waals surface area contributed by atoms with Gasteiger partial charge in [-0.25, -0.2) is 9.37 Å². The summed E-state index contributed by atoms with van der Waals surface area (Å²) >= 11 is 0. The number of alkyl halides is 3. The van der Waals surface area contributed by atoms with E-state index in [2.05, 4.69) is 15.4 Å². The van der Waals surface area contributed by atoms with Crippen LogP contribution in [0.25, 0.3) is 0 Å². The highest BCUT2D eigenvalue weighted by Gasteiger charge is 2.34. The smallest absolute Gasteiger partial charge is 0.310 e. The standard InChI is InChI=1S/C14H16F4N4/c1-10(4-5-22-9-19-8-21-22)20-7-11-2-3-13(15)12(6-11)14(16,17)18/h2-3,6,8-10,20H,4-5,7H2,1H3. The highest BCUT2D eigenvalue weighted by molar-refractivity contribution is 5.27. The predicted molar refractivity (Wildman–Crippen MR) is 72.3 cm³/mol. The molecule has 4 nitrogen and oxygen atoms in total. The van der Waals surface area contributed by atoms with E-state index in [1.165, 1.54) is 12.4 Å². The Labute approximate surface area is 125 Å². The molecule has 0 saturated carbocycles. The summed E-state index contributed by atoms with van der Waals surface area (Å²) in [7, 11) is 0. The van der Waals surface area contributed by atoms with E-state index < -0.39 is 17.6 Å². The number of hydrogen-bond donors (Lipinski definition) is 1. The van der Waals surface area contributed by atoms with Crippen molar-refractivity contribution < 1.29 is 17.6 Å². The van der Waals surface area contributed by atoms with Crippen molar-refractivity contribution in [3.05, 3.63) is 47.8 Å². The molecule has 0 spiro atoms. The van der Waals surface area contributed by atoms with Crippen molar-refractivity contribution in [1.29, 1.82) is 0 Å². The number of hydrogen-bond acceptors (Lipinski definition) is 3. The van der Waals surface area contributed by atoms with Crippen molar-refractivity contribution in [2.24, 2.45) is 0 Å². The third-order valence-corrected chi connectivity index (χ3v) is 3.25. The number of halogens is 4. The first kappa shape index (κ1) is 16.4. The number of nitrogens with one attached hydrogen (secondary N) is 1. The molecular formula is C14H16F4N4. The summed E-state index contributed by atoms with van der Waals surface area (Å²) in [5.74, 6) is -1.25. The topological polar surface area (TPSA) is 42.7 Å². The lowest BCUT2D eigenvalue weighted by Gasteiger charge is -2.15. The lowest BCUT2D eigenvalue weighted by molar-refractivity contribution is -0.140. The molecule has 2 aromatic rings. The first-order valence-corrected chi connectivity index (χ1v) is 6.77. The maximum atomic E-state index is 13.2.